The average molecular weight is 151 g/mol. The first kappa shape index (κ1) is 10.6. The molecule has 0 atom stereocenters. The summed E-state index contributed by atoms with van der Waals surface area (Å²) in [6, 6.07) is 0. The van der Waals surface area contributed by atoms with Gasteiger partial charge in [-0.25, -0.2) is 0 Å². The Hall–Kier alpha value is 1.60. The number of hydrogen-bond acceptors (Lipinski definition) is 1. The van der Waals surface area contributed by atoms with Gasteiger partial charge in [-0.2, -0.15) is 12.8 Å². The Balaban J connectivity index is 0.000000640. The molecule has 0 aromatic rings. The third-order valence-corrected chi connectivity index (χ3v) is 1.75. The first-order valence-electron chi connectivity index (χ1n) is 3.47. The summed E-state index contributed by atoms with van der Waals surface area (Å²) in [6.45, 7) is 6.03. The van der Waals surface area contributed by atoms with Gasteiger partial charge in [-0.15, -0.1) is 0 Å². The van der Waals surface area contributed by atoms with Crippen LogP contribution in [0.25, 0.3) is 0 Å². The van der Waals surface area contributed by atoms with E-state index in [0.29, 0.717) is 0 Å². The summed E-state index contributed by atoms with van der Waals surface area (Å²) in [5.41, 5.74) is 0. The van der Waals surface area contributed by atoms with E-state index in [2.05, 4.69) is 18.2 Å². The molecule has 1 saturated heterocycles. The van der Waals surface area contributed by atoms with Crippen LogP contribution in [0.5, 0.6) is 0 Å². The minimum atomic E-state index is 0. The minimum Gasteiger partial charge on any atom is -0.326 e. The van der Waals surface area contributed by atoms with E-state index in [1.807, 2.05) is 0 Å². The van der Waals surface area contributed by atoms with Crippen LogP contribution in [0.1, 0.15) is 19.8 Å². The molecule has 1 heterocycles. The van der Waals surface area contributed by atoms with Crippen molar-refractivity contribution in [2.75, 3.05) is 19.6 Å². The van der Waals surface area contributed by atoms with Crippen LogP contribution in [0.4, 0.5) is 0 Å². The van der Waals surface area contributed by atoms with E-state index in [0.717, 1.165) is 0 Å². The summed E-state index contributed by atoms with van der Waals surface area (Å²) in [4.78, 5) is 2.49. The molecule has 0 spiro atoms. The zero-order chi connectivity index (χ0) is 5.82. The van der Waals surface area contributed by atoms with Crippen molar-refractivity contribution in [2.24, 2.45) is 0 Å². The van der Waals surface area contributed by atoms with Crippen LogP contribution in [0.3, 0.4) is 0 Å². The van der Waals surface area contributed by atoms with Crippen LogP contribution >= 0.6 is 0 Å². The average Bonchev–Trinajstić information content (AvgIpc) is 1.90. The third kappa shape index (κ3) is 4.12. The van der Waals surface area contributed by atoms with E-state index in [1.54, 1.807) is 0 Å². The van der Waals surface area contributed by atoms with Crippen LogP contribution < -0.4 is 51.4 Å². The van der Waals surface area contributed by atoms with E-state index in [-0.39, 0.29) is 51.4 Å². The molecule has 1 rings (SSSR count). The van der Waals surface area contributed by atoms with Crippen molar-refractivity contribution < 1.29 is 51.4 Å². The van der Waals surface area contributed by atoms with E-state index in [1.165, 1.54) is 32.5 Å². The zero-order valence-electron chi connectivity index (χ0n) is 6.56. The van der Waals surface area contributed by atoms with Gasteiger partial charge in [0.25, 0.3) is 0 Å². The smallest absolute Gasteiger partial charge is 0.326 e. The monoisotopic (exact) mass is 151 g/mol. The second-order valence-corrected chi connectivity index (χ2v) is 2.30. The summed E-state index contributed by atoms with van der Waals surface area (Å²) < 4.78 is 0. The summed E-state index contributed by atoms with van der Waals surface area (Å²) in [7, 11) is 0. The van der Waals surface area contributed by atoms with Gasteiger partial charge in [0.1, 0.15) is 0 Å². The standard InChI is InChI=1S/C7H14N.K/c1-2-8-6-4-3-5-7-8;/h3H,2,4-7H2,1H3;/q-1;+1. The van der Waals surface area contributed by atoms with Gasteiger partial charge in [0.05, 0.1) is 0 Å². The molecule has 2 heteroatoms. The molecule has 0 aromatic carbocycles. The Morgan fingerprint density at radius 2 is 1.89 bits per heavy atom. The molecule has 0 N–H and O–H groups in total. The van der Waals surface area contributed by atoms with Crippen LogP contribution in [-0.4, -0.2) is 24.5 Å². The van der Waals surface area contributed by atoms with Gasteiger partial charge >= 0.3 is 51.4 Å². The van der Waals surface area contributed by atoms with Gasteiger partial charge in [0.2, 0.25) is 0 Å². The zero-order valence-corrected chi connectivity index (χ0v) is 9.68. The van der Waals surface area contributed by atoms with Crippen molar-refractivity contribution in [1.82, 2.24) is 4.90 Å². The Morgan fingerprint density at radius 3 is 2.22 bits per heavy atom. The molecule has 9 heavy (non-hydrogen) atoms. The van der Waals surface area contributed by atoms with Gasteiger partial charge in [0.15, 0.2) is 0 Å². The first-order valence-corrected chi connectivity index (χ1v) is 3.47. The normalized spacial score (nSPS) is 21.0. The molecular formula is C7H14KN. The summed E-state index contributed by atoms with van der Waals surface area (Å²) in [5.74, 6) is 0. The molecule has 0 bridgehead atoms. The molecule has 1 nitrogen and oxygen atoms in total. The number of likely N-dealkylation sites (tertiary alicyclic amines) is 1. The van der Waals surface area contributed by atoms with Crippen molar-refractivity contribution in [1.29, 1.82) is 0 Å². The van der Waals surface area contributed by atoms with Crippen LogP contribution in [0.15, 0.2) is 0 Å². The Bertz CT molecular complexity index is 59.9. The van der Waals surface area contributed by atoms with Crippen LogP contribution in [-0.2, 0) is 0 Å². The molecule has 1 aliphatic rings. The number of rotatable bonds is 1. The fourth-order valence-corrected chi connectivity index (χ4v) is 1.12. The summed E-state index contributed by atoms with van der Waals surface area (Å²) in [6.07, 6.45) is 4.98. The predicted octanol–water partition coefficient (Wildman–Crippen LogP) is -1.69. The number of piperidine rings is 1. The Morgan fingerprint density at radius 1 is 1.33 bits per heavy atom. The SMILES string of the molecule is CCN1CC[CH-]CC1.[K+]. The molecule has 1 aliphatic heterocycles. The maximum atomic E-state index is 2.49. The molecule has 0 unspecified atom stereocenters. The number of nitrogens with zero attached hydrogens (tertiary/aromatic N) is 1. The van der Waals surface area contributed by atoms with Crippen molar-refractivity contribution in [3.63, 3.8) is 0 Å². The molecule has 1 fully saturated rings. The molecule has 0 saturated carbocycles. The fraction of sp³-hybridized carbons (Fsp3) is 0.857. The van der Waals surface area contributed by atoms with E-state index in [4.69, 9.17) is 0 Å². The van der Waals surface area contributed by atoms with Gasteiger partial charge in [-0.1, -0.05) is 6.92 Å². The quantitative estimate of drug-likeness (QED) is 0.319. The topological polar surface area (TPSA) is 3.24 Å². The van der Waals surface area contributed by atoms with E-state index < -0.39 is 0 Å². The Labute approximate surface area is 101 Å². The maximum absolute atomic E-state index is 2.49. The Kier molecular flexibility index (Phi) is 7.44. The molecule has 0 aliphatic carbocycles. The van der Waals surface area contributed by atoms with Gasteiger partial charge < -0.3 is 11.3 Å². The minimum absolute atomic E-state index is 0. The van der Waals surface area contributed by atoms with Crippen molar-refractivity contribution in [3.05, 3.63) is 6.42 Å². The molecule has 0 aromatic heterocycles. The second kappa shape index (κ2) is 6.32. The second-order valence-electron chi connectivity index (χ2n) is 2.30. The van der Waals surface area contributed by atoms with Crippen LogP contribution in [0, 0.1) is 6.42 Å². The molecule has 0 amide bonds. The summed E-state index contributed by atoms with van der Waals surface area (Å²) in [5, 5.41) is 0. The van der Waals surface area contributed by atoms with E-state index in [9.17, 15) is 0 Å². The van der Waals surface area contributed by atoms with Crippen LogP contribution in [0.2, 0.25) is 0 Å². The summed E-state index contributed by atoms with van der Waals surface area (Å²) >= 11 is 0. The van der Waals surface area contributed by atoms with Crippen molar-refractivity contribution >= 4 is 0 Å². The van der Waals surface area contributed by atoms with Gasteiger partial charge in [-0.05, 0) is 19.6 Å². The molecule has 0 radical (unpaired) electrons. The van der Waals surface area contributed by atoms with Gasteiger partial charge in [-0.3, -0.25) is 0 Å². The van der Waals surface area contributed by atoms with Crippen molar-refractivity contribution in [3.8, 4) is 0 Å². The number of hydrogen-bond donors (Lipinski definition) is 0. The maximum Gasteiger partial charge on any atom is 1.00 e. The largest absolute Gasteiger partial charge is 1.00 e. The third-order valence-electron chi connectivity index (χ3n) is 1.75. The molecule has 48 valence electrons. The fourth-order valence-electron chi connectivity index (χ4n) is 1.12. The predicted molar refractivity (Wildman–Crippen MR) is 35.6 cm³/mol. The van der Waals surface area contributed by atoms with Gasteiger partial charge in [0, 0.05) is 0 Å². The first-order chi connectivity index (χ1) is 3.93. The molecular weight excluding hydrogens is 137 g/mol. The van der Waals surface area contributed by atoms with E-state index >= 15 is 0 Å². The van der Waals surface area contributed by atoms with Crippen molar-refractivity contribution in [2.45, 2.75) is 19.8 Å².